The Hall–Kier alpha value is -3.33. The lowest BCUT2D eigenvalue weighted by Gasteiger charge is -2.12. The summed E-state index contributed by atoms with van der Waals surface area (Å²) in [5.41, 5.74) is 1.72. The highest BCUT2D eigenvalue weighted by Crippen LogP contribution is 2.24. The summed E-state index contributed by atoms with van der Waals surface area (Å²) < 4.78 is 8.02. The second-order valence-corrected chi connectivity index (χ2v) is 6.08. The van der Waals surface area contributed by atoms with Crippen molar-refractivity contribution in [2.75, 3.05) is 6.61 Å². The number of para-hydroxylation sites is 2. The van der Waals surface area contributed by atoms with E-state index in [4.69, 9.17) is 17.0 Å². The van der Waals surface area contributed by atoms with Crippen molar-refractivity contribution in [1.82, 2.24) is 35.0 Å². The Morgan fingerprint density at radius 3 is 2.67 bits per heavy atom. The first-order valence-corrected chi connectivity index (χ1v) is 8.89. The molecule has 8 nitrogen and oxygen atoms in total. The number of benzene rings is 2. The molecule has 0 saturated heterocycles. The van der Waals surface area contributed by atoms with Crippen LogP contribution in [0.4, 0.5) is 0 Å². The zero-order chi connectivity index (χ0) is 18.6. The van der Waals surface area contributed by atoms with E-state index in [2.05, 4.69) is 25.6 Å². The van der Waals surface area contributed by atoms with Gasteiger partial charge in [0, 0.05) is 5.56 Å². The van der Waals surface area contributed by atoms with Crippen LogP contribution in [-0.4, -0.2) is 41.6 Å². The number of ether oxygens (including phenoxy) is 1. The van der Waals surface area contributed by atoms with Crippen molar-refractivity contribution in [2.24, 2.45) is 0 Å². The third-order valence-electron chi connectivity index (χ3n) is 3.92. The molecule has 0 radical (unpaired) electrons. The Bertz CT molecular complexity index is 1100. The van der Waals surface area contributed by atoms with Crippen LogP contribution in [0.2, 0.25) is 0 Å². The molecule has 0 spiro atoms. The highest BCUT2D eigenvalue weighted by atomic mass is 32.1. The minimum atomic E-state index is 0.313. The van der Waals surface area contributed by atoms with Crippen molar-refractivity contribution >= 4 is 12.2 Å². The van der Waals surface area contributed by atoms with E-state index in [1.54, 1.807) is 0 Å². The smallest absolute Gasteiger partial charge is 0.204 e. The molecule has 4 rings (SSSR count). The molecule has 9 heteroatoms. The van der Waals surface area contributed by atoms with E-state index in [0.29, 0.717) is 29.6 Å². The van der Waals surface area contributed by atoms with Crippen LogP contribution in [0.3, 0.4) is 0 Å². The predicted octanol–water partition coefficient (Wildman–Crippen LogP) is 3.03. The number of rotatable bonds is 6. The van der Waals surface area contributed by atoms with E-state index >= 15 is 0 Å². The predicted molar refractivity (Wildman–Crippen MR) is 102 cm³/mol. The van der Waals surface area contributed by atoms with Gasteiger partial charge in [-0.25, -0.2) is 0 Å². The van der Waals surface area contributed by atoms with E-state index in [9.17, 15) is 0 Å². The van der Waals surface area contributed by atoms with Gasteiger partial charge >= 0.3 is 0 Å². The second-order valence-electron chi connectivity index (χ2n) is 5.69. The van der Waals surface area contributed by atoms with Crippen molar-refractivity contribution in [3.8, 4) is 22.8 Å². The number of aromatic nitrogens is 7. The highest BCUT2D eigenvalue weighted by molar-refractivity contribution is 7.71. The average Bonchev–Trinajstić information content (AvgIpc) is 3.31. The maximum atomic E-state index is 5.72. The molecular formula is C18H17N7OS. The first kappa shape index (κ1) is 17.1. The average molecular weight is 379 g/mol. The SMILES string of the molecule is CCOc1ccccc1-n1c(Cn2nnc(-c3ccccc3)n2)n[nH]c1=S. The van der Waals surface area contributed by atoms with Gasteiger partial charge in [0.2, 0.25) is 5.82 Å². The van der Waals surface area contributed by atoms with Gasteiger partial charge in [-0.2, -0.15) is 9.90 Å². The summed E-state index contributed by atoms with van der Waals surface area (Å²) in [4.78, 5) is 1.49. The van der Waals surface area contributed by atoms with Gasteiger partial charge in [0.15, 0.2) is 10.6 Å². The number of nitrogens with zero attached hydrogens (tertiary/aromatic N) is 6. The molecule has 0 amide bonds. The first-order valence-electron chi connectivity index (χ1n) is 8.48. The molecule has 2 aromatic heterocycles. The molecule has 0 atom stereocenters. The molecule has 27 heavy (non-hydrogen) atoms. The van der Waals surface area contributed by atoms with Gasteiger partial charge < -0.3 is 4.74 Å². The molecule has 0 saturated carbocycles. The standard InChI is InChI=1S/C18H17N7OS/c1-2-26-15-11-7-6-10-14(15)25-16(19-21-18(25)27)12-24-22-17(20-23-24)13-8-4-3-5-9-13/h3-11H,2,12H2,1H3,(H,21,27). The molecule has 0 aliphatic carbocycles. The van der Waals surface area contributed by atoms with E-state index < -0.39 is 0 Å². The van der Waals surface area contributed by atoms with Crippen LogP contribution in [-0.2, 0) is 6.54 Å². The Kier molecular flexibility index (Phi) is 4.75. The summed E-state index contributed by atoms with van der Waals surface area (Å²) in [5.74, 6) is 1.95. The minimum absolute atomic E-state index is 0.313. The Labute approximate surface area is 160 Å². The maximum Gasteiger partial charge on any atom is 0.204 e. The quantitative estimate of drug-likeness (QED) is 0.518. The van der Waals surface area contributed by atoms with Gasteiger partial charge in [0.1, 0.15) is 12.3 Å². The van der Waals surface area contributed by atoms with Crippen molar-refractivity contribution in [2.45, 2.75) is 13.5 Å². The van der Waals surface area contributed by atoms with Crippen LogP contribution in [0.25, 0.3) is 17.1 Å². The third-order valence-corrected chi connectivity index (χ3v) is 4.19. The van der Waals surface area contributed by atoms with Gasteiger partial charge in [-0.1, -0.05) is 42.5 Å². The summed E-state index contributed by atoms with van der Waals surface area (Å²) in [6.45, 7) is 2.81. The number of nitrogens with one attached hydrogen (secondary N) is 1. The molecular weight excluding hydrogens is 362 g/mol. The number of tetrazole rings is 1. The zero-order valence-electron chi connectivity index (χ0n) is 14.6. The van der Waals surface area contributed by atoms with Crippen molar-refractivity contribution in [1.29, 1.82) is 0 Å². The Morgan fingerprint density at radius 2 is 1.85 bits per heavy atom. The van der Waals surface area contributed by atoms with E-state index in [1.165, 1.54) is 4.80 Å². The van der Waals surface area contributed by atoms with Gasteiger partial charge in [0.25, 0.3) is 0 Å². The van der Waals surface area contributed by atoms with Crippen LogP contribution in [0.5, 0.6) is 5.75 Å². The second kappa shape index (κ2) is 7.50. The molecule has 0 aliphatic heterocycles. The van der Waals surface area contributed by atoms with Crippen LogP contribution < -0.4 is 4.74 Å². The number of aromatic amines is 1. The molecule has 2 aromatic carbocycles. The van der Waals surface area contributed by atoms with E-state index in [1.807, 2.05) is 66.1 Å². The minimum Gasteiger partial charge on any atom is -0.492 e. The van der Waals surface area contributed by atoms with Gasteiger partial charge in [-0.3, -0.25) is 9.67 Å². The van der Waals surface area contributed by atoms with Gasteiger partial charge in [0.05, 0.1) is 12.3 Å². The Balaban J connectivity index is 1.68. The molecule has 0 aliphatic rings. The fraction of sp³-hybridized carbons (Fsp3) is 0.167. The lowest BCUT2D eigenvalue weighted by Crippen LogP contribution is -2.11. The molecule has 4 aromatic rings. The maximum absolute atomic E-state index is 5.72. The van der Waals surface area contributed by atoms with Crippen LogP contribution in [0, 0.1) is 4.77 Å². The number of hydrogen-bond acceptors (Lipinski definition) is 6. The summed E-state index contributed by atoms with van der Waals surface area (Å²) in [6, 6.07) is 17.4. The topological polar surface area (TPSA) is 86.4 Å². The largest absolute Gasteiger partial charge is 0.492 e. The molecule has 0 fully saturated rings. The van der Waals surface area contributed by atoms with Gasteiger partial charge in [-0.05, 0) is 36.5 Å². The third kappa shape index (κ3) is 3.49. The van der Waals surface area contributed by atoms with Crippen molar-refractivity contribution in [3.63, 3.8) is 0 Å². The van der Waals surface area contributed by atoms with Gasteiger partial charge in [-0.15, -0.1) is 10.2 Å². The number of hydrogen-bond donors (Lipinski definition) is 1. The fourth-order valence-electron chi connectivity index (χ4n) is 2.74. The molecule has 0 unspecified atom stereocenters. The summed E-state index contributed by atoms with van der Waals surface area (Å²) >= 11 is 5.42. The first-order chi connectivity index (χ1) is 13.3. The fourth-order valence-corrected chi connectivity index (χ4v) is 2.99. The summed E-state index contributed by atoms with van der Waals surface area (Å²) in [7, 11) is 0. The zero-order valence-corrected chi connectivity index (χ0v) is 15.4. The Morgan fingerprint density at radius 1 is 1.07 bits per heavy atom. The molecule has 1 N–H and O–H groups in total. The lowest BCUT2D eigenvalue weighted by molar-refractivity contribution is 0.338. The normalized spacial score (nSPS) is 10.9. The number of H-pyrrole nitrogens is 1. The molecule has 2 heterocycles. The van der Waals surface area contributed by atoms with E-state index in [-0.39, 0.29) is 0 Å². The van der Waals surface area contributed by atoms with Crippen molar-refractivity contribution in [3.05, 3.63) is 65.2 Å². The highest BCUT2D eigenvalue weighted by Gasteiger charge is 2.15. The monoisotopic (exact) mass is 379 g/mol. The van der Waals surface area contributed by atoms with E-state index in [0.717, 1.165) is 17.0 Å². The van der Waals surface area contributed by atoms with Crippen LogP contribution >= 0.6 is 12.2 Å². The molecule has 0 bridgehead atoms. The van der Waals surface area contributed by atoms with Crippen LogP contribution in [0.1, 0.15) is 12.7 Å². The lowest BCUT2D eigenvalue weighted by atomic mass is 10.2. The summed E-state index contributed by atoms with van der Waals surface area (Å²) in [6.07, 6.45) is 0. The molecule has 136 valence electrons. The van der Waals surface area contributed by atoms with Crippen molar-refractivity contribution < 1.29 is 4.74 Å². The van der Waals surface area contributed by atoms with Crippen LogP contribution in [0.15, 0.2) is 54.6 Å². The summed E-state index contributed by atoms with van der Waals surface area (Å²) in [5, 5.41) is 19.9.